The maximum atomic E-state index is 6.01. The van der Waals surface area contributed by atoms with Gasteiger partial charge in [-0.15, -0.1) is 0 Å². The molecular formula is C15H11Cl2NO. The van der Waals surface area contributed by atoms with E-state index in [1.54, 1.807) is 12.1 Å². The van der Waals surface area contributed by atoms with E-state index in [0.29, 0.717) is 15.9 Å². The number of aryl methyl sites for hydroxylation is 1. The topological polar surface area (TPSA) is 26.0 Å². The average molecular weight is 292 g/mol. The summed E-state index contributed by atoms with van der Waals surface area (Å²) < 4.78 is 5.74. The van der Waals surface area contributed by atoms with Crippen molar-refractivity contribution in [2.45, 2.75) is 13.3 Å². The summed E-state index contributed by atoms with van der Waals surface area (Å²) in [6, 6.07) is 11.4. The van der Waals surface area contributed by atoms with E-state index in [0.717, 1.165) is 23.1 Å². The molecule has 0 atom stereocenters. The van der Waals surface area contributed by atoms with Gasteiger partial charge in [0.05, 0.1) is 10.0 Å². The van der Waals surface area contributed by atoms with Crippen molar-refractivity contribution in [3.63, 3.8) is 0 Å². The maximum absolute atomic E-state index is 6.01. The number of hydrogen-bond acceptors (Lipinski definition) is 2. The van der Waals surface area contributed by atoms with E-state index >= 15 is 0 Å². The molecule has 0 saturated carbocycles. The van der Waals surface area contributed by atoms with Gasteiger partial charge in [0.15, 0.2) is 5.58 Å². The van der Waals surface area contributed by atoms with Crippen LogP contribution in [-0.2, 0) is 6.42 Å². The van der Waals surface area contributed by atoms with Gasteiger partial charge < -0.3 is 4.42 Å². The molecule has 0 aliphatic rings. The van der Waals surface area contributed by atoms with E-state index in [9.17, 15) is 0 Å². The second-order valence-electron chi connectivity index (χ2n) is 4.30. The minimum atomic E-state index is 0.496. The van der Waals surface area contributed by atoms with Crippen LogP contribution < -0.4 is 0 Å². The second-order valence-corrected chi connectivity index (χ2v) is 5.12. The Kier molecular flexibility index (Phi) is 3.21. The Morgan fingerprint density at radius 3 is 2.63 bits per heavy atom. The smallest absolute Gasteiger partial charge is 0.227 e. The van der Waals surface area contributed by atoms with Crippen molar-refractivity contribution in [1.29, 1.82) is 0 Å². The first-order valence-corrected chi connectivity index (χ1v) is 6.78. The lowest BCUT2D eigenvalue weighted by Crippen LogP contribution is -1.79. The van der Waals surface area contributed by atoms with Crippen LogP contribution in [0.1, 0.15) is 12.5 Å². The summed E-state index contributed by atoms with van der Waals surface area (Å²) in [5.41, 5.74) is 3.70. The van der Waals surface area contributed by atoms with Gasteiger partial charge in [0.1, 0.15) is 5.52 Å². The van der Waals surface area contributed by atoms with Crippen LogP contribution in [-0.4, -0.2) is 4.98 Å². The molecule has 0 amide bonds. The molecule has 0 spiro atoms. The third kappa shape index (κ3) is 2.34. The van der Waals surface area contributed by atoms with Crippen LogP contribution in [0.4, 0.5) is 0 Å². The Morgan fingerprint density at radius 2 is 1.89 bits per heavy atom. The van der Waals surface area contributed by atoms with Crippen LogP contribution >= 0.6 is 23.2 Å². The molecule has 0 bridgehead atoms. The van der Waals surface area contributed by atoms with Crippen molar-refractivity contribution in [2.75, 3.05) is 0 Å². The summed E-state index contributed by atoms with van der Waals surface area (Å²) in [4.78, 5) is 4.49. The molecule has 0 aliphatic carbocycles. The third-order valence-corrected chi connectivity index (χ3v) is 3.77. The van der Waals surface area contributed by atoms with Gasteiger partial charge in [-0.05, 0) is 42.3 Å². The second kappa shape index (κ2) is 4.87. The summed E-state index contributed by atoms with van der Waals surface area (Å²) in [6.07, 6.45) is 0.977. The predicted molar refractivity (Wildman–Crippen MR) is 78.8 cm³/mol. The van der Waals surface area contributed by atoms with Crippen LogP contribution in [0.2, 0.25) is 10.0 Å². The van der Waals surface area contributed by atoms with Gasteiger partial charge in [-0.2, -0.15) is 0 Å². The zero-order valence-corrected chi connectivity index (χ0v) is 11.8. The van der Waals surface area contributed by atoms with Gasteiger partial charge in [0.25, 0.3) is 0 Å². The largest absolute Gasteiger partial charge is 0.436 e. The summed E-state index contributed by atoms with van der Waals surface area (Å²) in [6.45, 7) is 2.11. The third-order valence-electron chi connectivity index (χ3n) is 3.03. The number of hydrogen-bond donors (Lipinski definition) is 0. The summed E-state index contributed by atoms with van der Waals surface area (Å²) >= 11 is 11.9. The Balaban J connectivity index is 2.11. The van der Waals surface area contributed by atoms with Crippen LogP contribution in [0.3, 0.4) is 0 Å². The number of aromatic nitrogens is 1. The van der Waals surface area contributed by atoms with Gasteiger partial charge in [-0.1, -0.05) is 36.2 Å². The first-order valence-electron chi connectivity index (χ1n) is 6.02. The van der Waals surface area contributed by atoms with Crippen molar-refractivity contribution in [3.05, 3.63) is 52.0 Å². The van der Waals surface area contributed by atoms with Crippen LogP contribution in [0.25, 0.3) is 22.6 Å². The highest BCUT2D eigenvalue weighted by molar-refractivity contribution is 6.42. The quantitative estimate of drug-likeness (QED) is 0.635. The van der Waals surface area contributed by atoms with Crippen LogP contribution in [0.5, 0.6) is 0 Å². The minimum Gasteiger partial charge on any atom is -0.436 e. The van der Waals surface area contributed by atoms with E-state index < -0.39 is 0 Å². The Hall–Kier alpha value is -1.51. The van der Waals surface area contributed by atoms with E-state index in [4.69, 9.17) is 27.6 Å². The lowest BCUT2D eigenvalue weighted by atomic mass is 10.1. The van der Waals surface area contributed by atoms with Crippen molar-refractivity contribution >= 4 is 34.3 Å². The van der Waals surface area contributed by atoms with Gasteiger partial charge in [-0.3, -0.25) is 0 Å². The van der Waals surface area contributed by atoms with Crippen LogP contribution in [0.15, 0.2) is 40.8 Å². The molecule has 1 aromatic heterocycles. The van der Waals surface area contributed by atoms with Gasteiger partial charge in [0, 0.05) is 5.56 Å². The number of nitrogens with zero attached hydrogens (tertiary/aromatic N) is 1. The molecule has 96 valence electrons. The molecule has 1 heterocycles. The summed E-state index contributed by atoms with van der Waals surface area (Å²) in [7, 11) is 0. The molecule has 0 saturated heterocycles. The normalized spacial score (nSPS) is 11.1. The fourth-order valence-electron chi connectivity index (χ4n) is 1.95. The zero-order chi connectivity index (χ0) is 13.4. The van der Waals surface area contributed by atoms with Crippen molar-refractivity contribution in [2.24, 2.45) is 0 Å². The van der Waals surface area contributed by atoms with Crippen molar-refractivity contribution in [1.82, 2.24) is 4.98 Å². The molecule has 0 N–H and O–H groups in total. The first kappa shape index (κ1) is 12.5. The Bertz CT molecular complexity index is 749. The lowest BCUT2D eigenvalue weighted by molar-refractivity contribution is 0.620. The van der Waals surface area contributed by atoms with Gasteiger partial charge >= 0.3 is 0 Å². The van der Waals surface area contributed by atoms with E-state index in [2.05, 4.69) is 11.9 Å². The van der Waals surface area contributed by atoms with Crippen molar-refractivity contribution in [3.8, 4) is 11.5 Å². The van der Waals surface area contributed by atoms with Gasteiger partial charge in [0.2, 0.25) is 5.89 Å². The fourth-order valence-corrected chi connectivity index (χ4v) is 2.24. The maximum Gasteiger partial charge on any atom is 0.227 e. The van der Waals surface area contributed by atoms with E-state index in [1.807, 2.05) is 24.3 Å². The highest BCUT2D eigenvalue weighted by Gasteiger charge is 2.10. The molecular weight excluding hydrogens is 281 g/mol. The molecule has 2 aromatic carbocycles. The van der Waals surface area contributed by atoms with Crippen LogP contribution in [0, 0.1) is 0 Å². The number of oxazole rings is 1. The molecule has 4 heteroatoms. The number of halogens is 2. The molecule has 0 radical (unpaired) electrons. The zero-order valence-electron chi connectivity index (χ0n) is 10.3. The first-order chi connectivity index (χ1) is 9.17. The summed E-state index contributed by atoms with van der Waals surface area (Å²) in [5.74, 6) is 0.557. The van der Waals surface area contributed by atoms with Gasteiger partial charge in [-0.25, -0.2) is 4.98 Å². The lowest BCUT2D eigenvalue weighted by Gasteiger charge is -1.97. The molecule has 3 rings (SSSR count). The number of rotatable bonds is 2. The number of fused-ring (bicyclic) bond motifs is 1. The minimum absolute atomic E-state index is 0.496. The van der Waals surface area contributed by atoms with E-state index in [-0.39, 0.29) is 0 Å². The Morgan fingerprint density at radius 1 is 1.05 bits per heavy atom. The highest BCUT2D eigenvalue weighted by atomic mass is 35.5. The van der Waals surface area contributed by atoms with Crippen molar-refractivity contribution < 1.29 is 4.42 Å². The Labute approximate surface area is 121 Å². The molecule has 3 aromatic rings. The average Bonchev–Trinajstić information content (AvgIpc) is 2.84. The highest BCUT2D eigenvalue weighted by Crippen LogP contribution is 2.30. The fraction of sp³-hybridized carbons (Fsp3) is 0.133. The molecule has 0 aliphatic heterocycles. The molecule has 0 unspecified atom stereocenters. The standard InChI is InChI=1S/C15H11Cl2NO/c1-2-9-3-6-14-13(7-9)18-15(19-14)10-4-5-11(16)12(17)8-10/h3-8H,2H2,1H3. The summed E-state index contributed by atoms with van der Waals surface area (Å²) in [5, 5.41) is 1.02. The van der Waals surface area contributed by atoms with E-state index in [1.165, 1.54) is 5.56 Å². The molecule has 0 fully saturated rings. The molecule has 2 nitrogen and oxygen atoms in total. The number of benzene rings is 2. The monoisotopic (exact) mass is 291 g/mol. The molecule has 19 heavy (non-hydrogen) atoms. The predicted octanol–water partition coefficient (Wildman–Crippen LogP) is 5.36. The SMILES string of the molecule is CCc1ccc2oc(-c3ccc(Cl)c(Cl)c3)nc2c1.